The maximum Gasteiger partial charge on any atom is 0.495 e. The lowest BCUT2D eigenvalue weighted by Gasteiger charge is -2.26. The van der Waals surface area contributed by atoms with Crippen molar-refractivity contribution < 1.29 is 9.72 Å². The first-order valence-corrected chi connectivity index (χ1v) is 11.0. The molecular formula is C23H30N7O+. The number of para-hydroxylation sites is 1. The minimum absolute atomic E-state index is 0.149. The molecule has 2 fully saturated rings. The predicted octanol–water partition coefficient (Wildman–Crippen LogP) is 1.99. The largest absolute Gasteiger partial charge is 0.495 e. The Bertz CT molecular complexity index is 969. The summed E-state index contributed by atoms with van der Waals surface area (Å²) >= 11 is 0. The molecule has 8 nitrogen and oxygen atoms in total. The van der Waals surface area contributed by atoms with E-state index in [4.69, 9.17) is 15.9 Å². The predicted molar refractivity (Wildman–Crippen MR) is 121 cm³/mol. The van der Waals surface area contributed by atoms with E-state index in [0.717, 1.165) is 62.8 Å². The second-order valence-corrected chi connectivity index (χ2v) is 8.42. The molecule has 0 spiro atoms. The van der Waals surface area contributed by atoms with Crippen LogP contribution >= 0.6 is 0 Å². The monoisotopic (exact) mass is 420 g/mol. The van der Waals surface area contributed by atoms with Crippen LogP contribution < -0.4 is 20.8 Å². The van der Waals surface area contributed by atoms with Gasteiger partial charge in [-0.25, -0.2) is 10.3 Å². The quantitative estimate of drug-likeness (QED) is 0.616. The van der Waals surface area contributed by atoms with Gasteiger partial charge < -0.3 is 20.8 Å². The Balaban J connectivity index is 1.51. The molecule has 1 saturated carbocycles. The number of piperidine rings is 1. The first kappa shape index (κ1) is 21.3. The van der Waals surface area contributed by atoms with Crippen LogP contribution in [0.1, 0.15) is 38.5 Å². The molecule has 2 aliphatic rings. The number of ether oxygens (including phenoxy) is 1. The maximum absolute atomic E-state index is 7.69. The summed E-state index contributed by atoms with van der Waals surface area (Å²) in [6, 6.07) is 6.28. The van der Waals surface area contributed by atoms with Gasteiger partial charge >= 0.3 is 5.95 Å². The summed E-state index contributed by atoms with van der Waals surface area (Å²) in [7, 11) is 2.12. The average Bonchev–Trinajstić information content (AvgIpc) is 2.79. The second kappa shape index (κ2) is 9.88. The van der Waals surface area contributed by atoms with Crippen LogP contribution in [0.4, 0.5) is 5.95 Å². The number of nitrogens with zero attached hydrogens (tertiary/aromatic N) is 4. The van der Waals surface area contributed by atoms with Gasteiger partial charge in [0.15, 0.2) is 17.6 Å². The van der Waals surface area contributed by atoms with E-state index in [1.165, 1.54) is 6.21 Å². The molecule has 2 heterocycles. The molecule has 4 rings (SSSR count). The van der Waals surface area contributed by atoms with Gasteiger partial charge in [0, 0.05) is 11.9 Å². The highest BCUT2D eigenvalue weighted by Crippen LogP contribution is 2.27. The van der Waals surface area contributed by atoms with Crippen LogP contribution in [-0.4, -0.2) is 60.3 Å². The van der Waals surface area contributed by atoms with Crippen LogP contribution in [0.3, 0.4) is 0 Å². The molecule has 162 valence electrons. The van der Waals surface area contributed by atoms with Gasteiger partial charge in [0.25, 0.3) is 0 Å². The highest BCUT2D eigenvalue weighted by Gasteiger charge is 2.22. The van der Waals surface area contributed by atoms with E-state index in [1.54, 1.807) is 0 Å². The lowest BCUT2D eigenvalue weighted by atomic mass is 9.94. The molecule has 0 bridgehead atoms. The number of hydrogen-bond acceptors (Lipinski definition) is 7. The van der Waals surface area contributed by atoms with E-state index < -0.39 is 0 Å². The zero-order chi connectivity index (χ0) is 21.6. The van der Waals surface area contributed by atoms with Gasteiger partial charge in [0.05, 0.1) is 18.4 Å². The number of benzene rings is 1. The number of allylic oxidation sites excluding steroid dienone is 1. The van der Waals surface area contributed by atoms with Crippen LogP contribution in [0.5, 0.6) is 5.75 Å². The van der Waals surface area contributed by atoms with Gasteiger partial charge in [-0.3, -0.25) is 0 Å². The minimum Gasteiger partial charge on any atom is -0.487 e. The highest BCUT2D eigenvalue weighted by atomic mass is 16.5. The lowest BCUT2D eigenvalue weighted by molar-refractivity contribution is -0.278. The van der Waals surface area contributed by atoms with Crippen molar-refractivity contribution in [2.45, 2.75) is 56.7 Å². The molecular weight excluding hydrogens is 390 g/mol. The summed E-state index contributed by atoms with van der Waals surface area (Å²) in [6.07, 6.45) is 10.2. The number of hydrogen-bond donors (Lipinski definition) is 3. The van der Waals surface area contributed by atoms with Gasteiger partial charge in [-0.05, 0) is 70.8 Å². The normalized spacial score (nSPS) is 22.3. The smallest absolute Gasteiger partial charge is 0.487 e. The van der Waals surface area contributed by atoms with Crippen molar-refractivity contribution in [3.8, 4) is 5.75 Å². The Hall–Kier alpha value is -2.98. The number of aromatic nitrogens is 2. The van der Waals surface area contributed by atoms with Gasteiger partial charge in [0.2, 0.25) is 5.52 Å². The van der Waals surface area contributed by atoms with Crippen LogP contribution in [0, 0.1) is 11.6 Å². The van der Waals surface area contributed by atoms with E-state index in [2.05, 4.69) is 44.3 Å². The van der Waals surface area contributed by atoms with Crippen molar-refractivity contribution in [1.29, 1.82) is 5.41 Å². The second-order valence-electron chi connectivity index (χ2n) is 8.42. The molecule has 2 aromatic rings. The third-order valence-corrected chi connectivity index (χ3v) is 5.96. The van der Waals surface area contributed by atoms with Crippen LogP contribution in [0.25, 0.3) is 10.9 Å². The summed E-state index contributed by atoms with van der Waals surface area (Å²) < 4.78 is 6.26. The zero-order valence-electron chi connectivity index (χ0n) is 18.0. The third-order valence-electron chi connectivity index (χ3n) is 5.96. The zero-order valence-corrected chi connectivity index (χ0v) is 18.0. The van der Waals surface area contributed by atoms with Gasteiger partial charge in [-0.15, -0.1) is 0 Å². The molecule has 1 aliphatic heterocycles. The first-order chi connectivity index (χ1) is 15.1. The number of rotatable bonds is 6. The molecule has 0 unspecified atom stereocenters. The topological polar surface area (TPSA) is 114 Å². The van der Waals surface area contributed by atoms with Crippen molar-refractivity contribution in [2.24, 2.45) is 10.7 Å². The molecule has 8 heteroatoms. The number of nitrogens with one attached hydrogen (secondary N) is 2. The van der Waals surface area contributed by atoms with Gasteiger partial charge in [0.1, 0.15) is 5.39 Å². The Morgan fingerprint density at radius 1 is 1.32 bits per heavy atom. The van der Waals surface area contributed by atoms with Crippen LogP contribution in [0.2, 0.25) is 0 Å². The molecule has 0 atom stereocenters. The van der Waals surface area contributed by atoms with Gasteiger partial charge in [-0.1, -0.05) is 11.1 Å². The number of anilines is 1. The Kier molecular flexibility index (Phi) is 6.78. The van der Waals surface area contributed by atoms with E-state index in [9.17, 15) is 0 Å². The number of aliphatic imine (C=N–C) groups is 1. The average molecular weight is 421 g/mol. The van der Waals surface area contributed by atoms with Crippen molar-refractivity contribution in [2.75, 3.05) is 25.5 Å². The lowest BCUT2D eigenvalue weighted by Crippen LogP contribution is -2.31. The molecule has 1 saturated heterocycles. The summed E-state index contributed by atoms with van der Waals surface area (Å²) in [5.74, 6) is 4.04. The molecule has 0 amide bonds. The third kappa shape index (κ3) is 5.59. The Labute approximate surface area is 183 Å². The fourth-order valence-electron chi connectivity index (χ4n) is 4.01. The summed E-state index contributed by atoms with van der Waals surface area (Å²) in [4.78, 5) is 15.7. The molecule has 4 N–H and O–H groups in total. The van der Waals surface area contributed by atoms with E-state index in [0.29, 0.717) is 17.2 Å². The van der Waals surface area contributed by atoms with Crippen molar-refractivity contribution in [3.63, 3.8) is 0 Å². The molecule has 1 aromatic heterocycles. The number of fused-ring (bicyclic) bond motifs is 1. The Morgan fingerprint density at radius 3 is 2.84 bits per heavy atom. The number of likely N-dealkylation sites (tertiary alicyclic amines) is 1. The minimum atomic E-state index is 0.149. The molecule has 31 heavy (non-hydrogen) atoms. The summed E-state index contributed by atoms with van der Waals surface area (Å²) in [5, 5.41) is 11.5. The first-order valence-electron chi connectivity index (χ1n) is 11.0. The van der Waals surface area contributed by atoms with Gasteiger partial charge in [-0.2, -0.15) is 4.98 Å². The fourth-order valence-corrected chi connectivity index (χ4v) is 4.01. The van der Waals surface area contributed by atoms with E-state index >= 15 is 0 Å². The fraction of sp³-hybridized carbons (Fsp3) is 0.522. The van der Waals surface area contributed by atoms with E-state index in [1.807, 2.05) is 18.2 Å². The van der Waals surface area contributed by atoms with Crippen molar-refractivity contribution >= 4 is 28.9 Å². The molecule has 1 aliphatic carbocycles. The molecule has 0 radical (unpaired) electrons. The summed E-state index contributed by atoms with van der Waals surface area (Å²) in [5.41, 5.74) is 7.14. The summed E-state index contributed by atoms with van der Waals surface area (Å²) in [6.45, 7) is 2.06. The van der Waals surface area contributed by atoms with Crippen molar-refractivity contribution in [3.05, 3.63) is 30.1 Å². The standard InChI is InChI=1S/C23H29N7O/c1-30-11-9-18(10-12-30)26-15-19(13-24)28-23-27-14-16-3-2-4-21(22(16)29-23)31-20-7-5-17(25)6-8-20/h2-4,13,17-18,20,24H,5-12,25H2,1H3/p+1. The SMILES string of the molecule is CN1CCC(N=C=C(C=N)Nc2nc3c(OC4CCC(N)CC4)cccc3c#[n+]2)CC1. The van der Waals surface area contributed by atoms with Crippen LogP contribution in [-0.2, 0) is 0 Å². The highest BCUT2D eigenvalue weighted by molar-refractivity contribution is 5.92. The van der Waals surface area contributed by atoms with E-state index in [-0.39, 0.29) is 18.2 Å². The van der Waals surface area contributed by atoms with Crippen LogP contribution in [0.15, 0.2) is 28.9 Å². The Morgan fingerprint density at radius 2 is 2.10 bits per heavy atom. The maximum atomic E-state index is 7.69. The molecule has 1 aromatic carbocycles. The van der Waals surface area contributed by atoms with Crippen molar-refractivity contribution in [1.82, 2.24) is 9.88 Å². The number of nitrogens with two attached hydrogens (primary N) is 1.